The van der Waals surface area contributed by atoms with Gasteiger partial charge in [-0.05, 0) is 49.8 Å². The van der Waals surface area contributed by atoms with E-state index in [-0.39, 0.29) is 0 Å². The molecule has 1 atom stereocenters. The molecule has 1 saturated carbocycles. The summed E-state index contributed by atoms with van der Waals surface area (Å²) in [4.78, 5) is 2.43. The highest BCUT2D eigenvalue weighted by atomic mass is 16.5. The van der Waals surface area contributed by atoms with Crippen molar-refractivity contribution in [2.24, 2.45) is 5.92 Å². The third-order valence-corrected chi connectivity index (χ3v) is 4.47. The van der Waals surface area contributed by atoms with Crippen molar-refractivity contribution in [1.82, 2.24) is 10.2 Å². The van der Waals surface area contributed by atoms with E-state index in [2.05, 4.69) is 41.5 Å². The van der Waals surface area contributed by atoms with Crippen LogP contribution in [0.2, 0.25) is 0 Å². The van der Waals surface area contributed by atoms with Crippen molar-refractivity contribution in [3.63, 3.8) is 0 Å². The van der Waals surface area contributed by atoms with Crippen LogP contribution in [-0.2, 0) is 17.8 Å². The lowest BCUT2D eigenvalue weighted by atomic mass is 10.0. The maximum Gasteiger partial charge on any atom is 0.0506 e. The van der Waals surface area contributed by atoms with Crippen LogP contribution in [0.25, 0.3) is 0 Å². The second-order valence-electron chi connectivity index (χ2n) is 6.75. The van der Waals surface area contributed by atoms with Crippen LogP contribution in [0, 0.1) is 5.92 Å². The Bertz CT molecular complexity index is 421. The van der Waals surface area contributed by atoms with Crippen LogP contribution in [0.5, 0.6) is 0 Å². The minimum atomic E-state index is 0.714. The summed E-state index contributed by atoms with van der Waals surface area (Å²) in [5.41, 5.74) is 2.80. The zero-order chi connectivity index (χ0) is 14.5. The maximum absolute atomic E-state index is 5.57. The van der Waals surface area contributed by atoms with Gasteiger partial charge in [0.1, 0.15) is 0 Å². The summed E-state index contributed by atoms with van der Waals surface area (Å²) in [6, 6.07) is 9.87. The summed E-state index contributed by atoms with van der Waals surface area (Å²) in [5, 5.41) is 3.56. The van der Waals surface area contributed by atoms with Crippen LogP contribution in [0.3, 0.4) is 0 Å². The minimum absolute atomic E-state index is 0.714. The Hall–Kier alpha value is -0.900. The minimum Gasteiger partial charge on any atom is -0.381 e. The summed E-state index contributed by atoms with van der Waals surface area (Å²) >= 11 is 0. The van der Waals surface area contributed by atoms with Gasteiger partial charge >= 0.3 is 0 Å². The van der Waals surface area contributed by atoms with Crippen LogP contribution in [-0.4, -0.2) is 37.7 Å². The normalized spacial score (nSPS) is 22.7. The van der Waals surface area contributed by atoms with E-state index in [1.54, 1.807) is 0 Å². The van der Waals surface area contributed by atoms with Crippen LogP contribution in [0.4, 0.5) is 0 Å². The van der Waals surface area contributed by atoms with E-state index in [9.17, 15) is 0 Å². The Labute approximate surface area is 128 Å². The van der Waals surface area contributed by atoms with Crippen LogP contribution >= 0.6 is 0 Å². The molecule has 1 aromatic carbocycles. The zero-order valence-corrected chi connectivity index (χ0v) is 13.2. The molecule has 0 amide bonds. The van der Waals surface area contributed by atoms with Crippen molar-refractivity contribution >= 4 is 0 Å². The Morgan fingerprint density at radius 2 is 1.90 bits per heavy atom. The first-order chi connectivity index (χ1) is 10.3. The van der Waals surface area contributed by atoms with E-state index in [4.69, 9.17) is 4.74 Å². The molecule has 1 aromatic rings. The number of nitrogens with one attached hydrogen (secondary N) is 1. The average Bonchev–Trinajstić information content (AvgIpc) is 3.32. The fourth-order valence-electron chi connectivity index (χ4n) is 3.08. The van der Waals surface area contributed by atoms with Gasteiger partial charge in [0.2, 0.25) is 0 Å². The second-order valence-corrected chi connectivity index (χ2v) is 6.75. The lowest BCUT2D eigenvalue weighted by Crippen LogP contribution is -2.30. The van der Waals surface area contributed by atoms with Gasteiger partial charge in [-0.15, -0.1) is 0 Å². The fourth-order valence-corrected chi connectivity index (χ4v) is 3.08. The Morgan fingerprint density at radius 1 is 1.14 bits per heavy atom. The van der Waals surface area contributed by atoms with Crippen LogP contribution < -0.4 is 5.32 Å². The summed E-state index contributed by atoms with van der Waals surface area (Å²) in [6.45, 7) is 5.09. The molecule has 116 valence electrons. The van der Waals surface area contributed by atoms with Gasteiger partial charge in [-0.2, -0.15) is 0 Å². The van der Waals surface area contributed by atoms with Crippen molar-refractivity contribution in [2.75, 3.05) is 26.8 Å². The van der Waals surface area contributed by atoms with E-state index < -0.39 is 0 Å². The monoisotopic (exact) mass is 288 g/mol. The number of rotatable bonds is 7. The number of hydrogen-bond acceptors (Lipinski definition) is 3. The van der Waals surface area contributed by atoms with Gasteiger partial charge in [0, 0.05) is 32.3 Å². The van der Waals surface area contributed by atoms with E-state index in [1.165, 1.54) is 36.8 Å². The standard InChI is InChI=1S/C18H28N2O/c1-20(13-17-3-2-10-21-14-17)12-16-6-4-15(5-7-16)11-19-18-8-9-18/h4-7,17-19H,2-3,8-14H2,1H3. The van der Waals surface area contributed by atoms with Crippen LogP contribution in [0.1, 0.15) is 36.8 Å². The molecule has 0 bridgehead atoms. The van der Waals surface area contributed by atoms with E-state index in [0.717, 1.165) is 38.9 Å². The molecule has 1 N–H and O–H groups in total. The largest absolute Gasteiger partial charge is 0.381 e. The highest BCUT2D eigenvalue weighted by molar-refractivity contribution is 5.22. The number of hydrogen-bond donors (Lipinski definition) is 1. The molecule has 2 fully saturated rings. The molecule has 1 unspecified atom stereocenters. The molecule has 3 heteroatoms. The van der Waals surface area contributed by atoms with Crippen molar-refractivity contribution in [3.8, 4) is 0 Å². The van der Waals surface area contributed by atoms with Gasteiger partial charge in [-0.1, -0.05) is 24.3 Å². The van der Waals surface area contributed by atoms with Gasteiger partial charge in [0.25, 0.3) is 0 Å². The van der Waals surface area contributed by atoms with E-state index in [1.807, 2.05) is 0 Å². The van der Waals surface area contributed by atoms with E-state index >= 15 is 0 Å². The zero-order valence-electron chi connectivity index (χ0n) is 13.2. The Morgan fingerprint density at radius 3 is 2.57 bits per heavy atom. The third-order valence-electron chi connectivity index (χ3n) is 4.47. The molecule has 0 spiro atoms. The van der Waals surface area contributed by atoms with Gasteiger partial charge in [0.15, 0.2) is 0 Å². The molecule has 1 saturated heterocycles. The maximum atomic E-state index is 5.57. The van der Waals surface area contributed by atoms with Gasteiger partial charge in [0.05, 0.1) is 6.61 Å². The van der Waals surface area contributed by atoms with Gasteiger partial charge in [-0.25, -0.2) is 0 Å². The van der Waals surface area contributed by atoms with Crippen molar-refractivity contribution in [1.29, 1.82) is 0 Å². The molecule has 1 aliphatic carbocycles. The molecule has 2 aliphatic rings. The first kappa shape index (κ1) is 15.0. The lowest BCUT2D eigenvalue weighted by molar-refractivity contribution is 0.0411. The lowest BCUT2D eigenvalue weighted by Gasteiger charge is -2.27. The quantitative estimate of drug-likeness (QED) is 0.835. The van der Waals surface area contributed by atoms with E-state index in [0.29, 0.717) is 5.92 Å². The highest BCUT2D eigenvalue weighted by Crippen LogP contribution is 2.19. The predicted octanol–water partition coefficient (Wildman–Crippen LogP) is 2.80. The SMILES string of the molecule is CN(Cc1ccc(CNC2CC2)cc1)CC1CCCOC1. The summed E-state index contributed by atoms with van der Waals surface area (Å²) in [7, 11) is 2.22. The molecule has 1 aliphatic heterocycles. The first-order valence-corrected chi connectivity index (χ1v) is 8.37. The highest BCUT2D eigenvalue weighted by Gasteiger charge is 2.20. The van der Waals surface area contributed by atoms with Crippen molar-refractivity contribution < 1.29 is 4.74 Å². The van der Waals surface area contributed by atoms with Crippen molar-refractivity contribution in [3.05, 3.63) is 35.4 Å². The molecule has 3 nitrogen and oxygen atoms in total. The van der Waals surface area contributed by atoms with Crippen LogP contribution in [0.15, 0.2) is 24.3 Å². The number of ether oxygens (including phenoxy) is 1. The number of benzene rings is 1. The Kier molecular flexibility index (Phi) is 5.28. The smallest absolute Gasteiger partial charge is 0.0506 e. The molecular weight excluding hydrogens is 260 g/mol. The van der Waals surface area contributed by atoms with Gasteiger partial charge in [-0.3, -0.25) is 0 Å². The molecule has 21 heavy (non-hydrogen) atoms. The molecule has 3 rings (SSSR count). The molecular formula is C18H28N2O. The first-order valence-electron chi connectivity index (χ1n) is 8.37. The summed E-state index contributed by atoms with van der Waals surface area (Å²) < 4.78 is 5.57. The molecule has 0 aromatic heterocycles. The summed E-state index contributed by atoms with van der Waals surface area (Å²) in [6.07, 6.45) is 5.25. The predicted molar refractivity (Wildman–Crippen MR) is 86.2 cm³/mol. The molecule has 0 radical (unpaired) electrons. The average molecular weight is 288 g/mol. The third kappa shape index (κ3) is 5.10. The Balaban J connectivity index is 1.42. The number of nitrogens with zero attached hydrogens (tertiary/aromatic N) is 1. The summed E-state index contributed by atoms with van der Waals surface area (Å²) in [5.74, 6) is 0.714. The van der Waals surface area contributed by atoms with Gasteiger partial charge < -0.3 is 15.0 Å². The topological polar surface area (TPSA) is 24.5 Å². The molecule has 1 heterocycles. The van der Waals surface area contributed by atoms with Crippen molar-refractivity contribution in [2.45, 2.75) is 44.8 Å². The second kappa shape index (κ2) is 7.39. The fraction of sp³-hybridized carbons (Fsp3) is 0.667.